The van der Waals surface area contributed by atoms with Crippen molar-refractivity contribution in [1.29, 1.82) is 0 Å². The number of hydrogen-bond acceptors (Lipinski definition) is 5. The highest BCUT2D eigenvalue weighted by atomic mass is 19.3. The molecule has 0 radical (unpaired) electrons. The third-order valence-corrected chi connectivity index (χ3v) is 4.50. The fraction of sp³-hybridized carbons (Fsp3) is 0.316. The molecule has 2 amide bonds. The van der Waals surface area contributed by atoms with Crippen LogP contribution in [0.1, 0.15) is 18.4 Å². The number of carbonyl (C=O) groups excluding carboxylic acids is 1. The Morgan fingerprint density at radius 3 is 2.71 bits per heavy atom. The van der Waals surface area contributed by atoms with Crippen LogP contribution in [-0.2, 0) is 6.54 Å². The van der Waals surface area contributed by atoms with Gasteiger partial charge in [-0.05, 0) is 42.7 Å². The Bertz CT molecular complexity index is 917. The smallest absolute Gasteiger partial charge is 0.504 e. The van der Waals surface area contributed by atoms with E-state index in [0.29, 0.717) is 18.0 Å². The number of methoxy groups -OCH3 is 1. The third kappa shape index (κ3) is 3.73. The predicted molar refractivity (Wildman–Crippen MR) is 94.9 cm³/mol. The maximum Gasteiger partial charge on any atom is 0.586 e. The van der Waals surface area contributed by atoms with Gasteiger partial charge in [0.25, 0.3) is 0 Å². The molecule has 0 saturated heterocycles. The van der Waals surface area contributed by atoms with E-state index in [1.807, 2.05) is 0 Å². The highest BCUT2D eigenvalue weighted by Gasteiger charge is 2.43. The summed E-state index contributed by atoms with van der Waals surface area (Å²) in [6.07, 6.45) is -1.94. The summed E-state index contributed by atoms with van der Waals surface area (Å²) in [5, 5.41) is 12.4. The number of fused-ring (bicyclic) bond motifs is 1. The molecular formula is C19H18F2N2O5. The van der Waals surface area contributed by atoms with Crippen LogP contribution < -0.4 is 19.5 Å². The van der Waals surface area contributed by atoms with Gasteiger partial charge >= 0.3 is 12.3 Å². The molecule has 1 fully saturated rings. The van der Waals surface area contributed by atoms with Gasteiger partial charge < -0.3 is 29.5 Å². The van der Waals surface area contributed by atoms with Gasteiger partial charge in [-0.1, -0.05) is 6.07 Å². The van der Waals surface area contributed by atoms with E-state index in [0.717, 1.165) is 18.4 Å². The van der Waals surface area contributed by atoms with E-state index in [9.17, 15) is 18.7 Å². The molecule has 2 aromatic carbocycles. The van der Waals surface area contributed by atoms with E-state index in [1.54, 1.807) is 17.0 Å². The number of halogens is 2. The van der Waals surface area contributed by atoms with E-state index in [1.165, 1.54) is 31.4 Å². The van der Waals surface area contributed by atoms with Gasteiger partial charge in [-0.3, -0.25) is 0 Å². The van der Waals surface area contributed by atoms with Gasteiger partial charge in [0.15, 0.2) is 23.0 Å². The highest BCUT2D eigenvalue weighted by Crippen LogP contribution is 2.42. The lowest BCUT2D eigenvalue weighted by molar-refractivity contribution is -0.286. The van der Waals surface area contributed by atoms with Crippen LogP contribution in [0.15, 0.2) is 36.4 Å². The Morgan fingerprint density at radius 1 is 1.25 bits per heavy atom. The number of benzene rings is 2. The van der Waals surface area contributed by atoms with Crippen molar-refractivity contribution in [2.75, 3.05) is 12.4 Å². The van der Waals surface area contributed by atoms with Crippen LogP contribution in [-0.4, -0.2) is 35.5 Å². The summed E-state index contributed by atoms with van der Waals surface area (Å²) in [6.45, 7) is 0.315. The fourth-order valence-corrected chi connectivity index (χ4v) is 2.99. The van der Waals surface area contributed by atoms with Crippen molar-refractivity contribution in [2.45, 2.75) is 31.7 Å². The molecule has 9 heteroatoms. The van der Waals surface area contributed by atoms with Crippen molar-refractivity contribution >= 4 is 11.7 Å². The van der Waals surface area contributed by atoms with Gasteiger partial charge in [-0.25, -0.2) is 4.79 Å². The Hall–Kier alpha value is -3.23. The number of hydrogen-bond donors (Lipinski definition) is 2. The number of nitrogens with zero attached hydrogens (tertiary/aromatic N) is 1. The van der Waals surface area contributed by atoms with Gasteiger partial charge in [0.2, 0.25) is 0 Å². The lowest BCUT2D eigenvalue weighted by Gasteiger charge is -2.23. The Labute approximate surface area is 159 Å². The zero-order valence-electron chi connectivity index (χ0n) is 14.9. The average molecular weight is 392 g/mol. The molecule has 0 aromatic heterocycles. The molecular weight excluding hydrogens is 374 g/mol. The summed E-state index contributed by atoms with van der Waals surface area (Å²) in [6, 6.07) is 8.70. The minimum atomic E-state index is -3.71. The van der Waals surface area contributed by atoms with E-state index in [4.69, 9.17) is 4.74 Å². The molecule has 1 aliphatic heterocycles. The normalized spacial score (nSPS) is 16.5. The van der Waals surface area contributed by atoms with E-state index >= 15 is 0 Å². The molecule has 1 saturated carbocycles. The number of ether oxygens (including phenoxy) is 3. The summed E-state index contributed by atoms with van der Waals surface area (Å²) < 4.78 is 40.1. The van der Waals surface area contributed by atoms with Crippen molar-refractivity contribution in [1.82, 2.24) is 4.90 Å². The summed E-state index contributed by atoms with van der Waals surface area (Å²) in [4.78, 5) is 14.4. The van der Waals surface area contributed by atoms with Crippen molar-refractivity contribution in [3.05, 3.63) is 42.0 Å². The van der Waals surface area contributed by atoms with Gasteiger partial charge in [0.05, 0.1) is 7.11 Å². The second-order valence-electron chi connectivity index (χ2n) is 6.62. The number of urea groups is 1. The lowest BCUT2D eigenvalue weighted by Crippen LogP contribution is -2.36. The molecule has 4 rings (SSSR count). The maximum atomic E-state index is 13.1. The largest absolute Gasteiger partial charge is 0.586 e. The van der Waals surface area contributed by atoms with Crippen LogP contribution in [0, 0.1) is 0 Å². The molecule has 0 bridgehead atoms. The molecule has 2 aliphatic rings. The first-order valence-electron chi connectivity index (χ1n) is 8.68. The number of alkyl halides is 2. The molecule has 2 N–H and O–H groups in total. The number of phenolic OH excluding ortho intramolecular Hbond substituents is 1. The minimum Gasteiger partial charge on any atom is -0.504 e. The molecule has 7 nitrogen and oxygen atoms in total. The number of aromatic hydroxyl groups is 1. The first kappa shape index (κ1) is 18.1. The average Bonchev–Trinajstić information content (AvgIpc) is 3.42. The fourth-order valence-electron chi connectivity index (χ4n) is 2.99. The van der Waals surface area contributed by atoms with E-state index < -0.39 is 6.29 Å². The number of amides is 2. The minimum absolute atomic E-state index is 0.0193. The number of carbonyl (C=O) groups is 1. The molecule has 1 aliphatic carbocycles. The van der Waals surface area contributed by atoms with Crippen LogP contribution in [0.5, 0.6) is 23.0 Å². The second kappa shape index (κ2) is 6.74. The van der Waals surface area contributed by atoms with Gasteiger partial charge in [-0.15, -0.1) is 8.78 Å². The molecule has 0 atom stereocenters. The van der Waals surface area contributed by atoms with Crippen molar-refractivity contribution in [3.8, 4) is 23.0 Å². The maximum absolute atomic E-state index is 13.1. The van der Waals surface area contributed by atoms with Crippen LogP contribution in [0.2, 0.25) is 0 Å². The highest BCUT2D eigenvalue weighted by molar-refractivity contribution is 5.90. The summed E-state index contributed by atoms with van der Waals surface area (Å²) in [5.41, 5.74) is 1.11. The monoisotopic (exact) mass is 392 g/mol. The first-order valence-corrected chi connectivity index (χ1v) is 8.68. The van der Waals surface area contributed by atoms with Crippen molar-refractivity contribution in [2.24, 2.45) is 0 Å². The Balaban J connectivity index is 1.48. The first-order chi connectivity index (χ1) is 13.3. The SMILES string of the molecule is COc1cc(CN(C(=O)Nc2ccc3c(c2)OC(F)(F)O3)C2CC2)ccc1O. The van der Waals surface area contributed by atoms with Crippen LogP contribution in [0.3, 0.4) is 0 Å². The zero-order chi connectivity index (χ0) is 19.9. The number of nitrogens with one attached hydrogen (secondary N) is 1. The third-order valence-electron chi connectivity index (χ3n) is 4.50. The topological polar surface area (TPSA) is 80.3 Å². The molecule has 148 valence electrons. The van der Waals surface area contributed by atoms with Crippen LogP contribution in [0.4, 0.5) is 19.3 Å². The Morgan fingerprint density at radius 2 is 2.00 bits per heavy atom. The quantitative estimate of drug-likeness (QED) is 0.806. The number of phenols is 1. The summed E-state index contributed by atoms with van der Waals surface area (Å²) in [5.74, 6) is 0.124. The standard InChI is InChI=1S/C19H18F2N2O5/c1-26-16-8-11(2-6-14(16)24)10-23(13-4-5-13)18(25)22-12-3-7-15-17(9-12)28-19(20,21)27-15/h2-3,6-9,13,24H,4-5,10H2,1H3,(H,22,25). The van der Waals surface area contributed by atoms with Gasteiger partial charge in [0, 0.05) is 24.3 Å². The van der Waals surface area contributed by atoms with Gasteiger partial charge in [0.1, 0.15) is 0 Å². The molecule has 0 unspecified atom stereocenters. The summed E-state index contributed by atoms with van der Waals surface area (Å²) >= 11 is 0. The van der Waals surface area contributed by atoms with Crippen molar-refractivity contribution < 1.29 is 32.9 Å². The summed E-state index contributed by atoms with van der Waals surface area (Å²) in [7, 11) is 1.45. The number of anilines is 1. The lowest BCUT2D eigenvalue weighted by atomic mass is 10.2. The predicted octanol–water partition coefficient (Wildman–Crippen LogP) is 3.92. The molecule has 28 heavy (non-hydrogen) atoms. The van der Waals surface area contributed by atoms with E-state index in [-0.39, 0.29) is 29.3 Å². The van der Waals surface area contributed by atoms with Crippen LogP contribution in [0.25, 0.3) is 0 Å². The second-order valence-corrected chi connectivity index (χ2v) is 6.62. The van der Waals surface area contributed by atoms with Crippen LogP contribution >= 0.6 is 0 Å². The molecule has 2 aromatic rings. The molecule has 0 spiro atoms. The molecule has 1 heterocycles. The number of rotatable bonds is 5. The Kier molecular flexibility index (Phi) is 4.37. The van der Waals surface area contributed by atoms with Crippen molar-refractivity contribution in [3.63, 3.8) is 0 Å². The van der Waals surface area contributed by atoms with Gasteiger partial charge in [-0.2, -0.15) is 0 Å². The van der Waals surface area contributed by atoms with E-state index in [2.05, 4.69) is 14.8 Å². The zero-order valence-corrected chi connectivity index (χ0v) is 14.9.